The van der Waals surface area contributed by atoms with Gasteiger partial charge in [-0.2, -0.15) is 9.64 Å². The molecule has 2 rings (SSSR count). The van der Waals surface area contributed by atoms with Crippen molar-refractivity contribution in [1.82, 2.24) is 4.37 Å². The predicted octanol–water partition coefficient (Wildman–Crippen LogP) is 2.22. The number of halogens is 1. The van der Waals surface area contributed by atoms with E-state index in [0.29, 0.717) is 0 Å². The van der Waals surface area contributed by atoms with Crippen molar-refractivity contribution in [1.29, 1.82) is 5.26 Å². The van der Waals surface area contributed by atoms with Crippen molar-refractivity contribution in [2.45, 2.75) is 0 Å². The maximum absolute atomic E-state index is 7.10. The predicted molar refractivity (Wildman–Crippen MR) is 62.4 cm³/mol. The van der Waals surface area contributed by atoms with Crippen molar-refractivity contribution in [3.05, 3.63) is 29.4 Å². The molecule has 1 heterocycles. The zero-order chi connectivity index (χ0) is 9.68. The molecule has 0 fully saturated rings. The molecule has 1 aromatic carbocycles. The summed E-state index contributed by atoms with van der Waals surface area (Å²) in [5, 5.41) is 9.01. The fourth-order valence-corrected chi connectivity index (χ4v) is 1.80. The Morgan fingerprint density at radius 2 is 2.21 bits per heavy atom. The van der Waals surface area contributed by atoms with Gasteiger partial charge in [0.05, 0.1) is 9.72 Å². The number of hydrogen-bond acceptors (Lipinski definition) is 4. The van der Waals surface area contributed by atoms with E-state index in [4.69, 9.17) is 16.9 Å². The van der Waals surface area contributed by atoms with Gasteiger partial charge in [0.25, 0.3) is 0 Å². The van der Waals surface area contributed by atoms with E-state index < -0.39 is 0 Å². The number of nitrogens with two attached hydrogens (primary N) is 1. The summed E-state index contributed by atoms with van der Waals surface area (Å²) in [6.07, 6.45) is 3.08. The van der Waals surface area contributed by atoms with E-state index in [1.165, 1.54) is 17.7 Å². The Hall–Kier alpha value is -0.0503. The summed E-state index contributed by atoms with van der Waals surface area (Å²) in [4.78, 5) is 0. The molecule has 0 aliphatic heterocycles. The number of nitrogens with zero attached hydrogens (tertiary/aromatic N) is 2. The van der Waals surface area contributed by atoms with E-state index in [1.54, 1.807) is 0 Å². The fourth-order valence-electron chi connectivity index (χ4n) is 0.859. The Bertz CT molecular complexity index is 446. The molecule has 2 aromatic rings. The van der Waals surface area contributed by atoms with Gasteiger partial charge >= 0.3 is 37.7 Å². The number of rotatable bonds is 0. The van der Waals surface area contributed by atoms with E-state index in [0.717, 1.165) is 15.1 Å². The van der Waals surface area contributed by atoms with Crippen LogP contribution < -0.4 is 5.73 Å². The Morgan fingerprint density at radius 3 is 2.79 bits per heavy atom. The van der Waals surface area contributed by atoms with Crippen molar-refractivity contribution in [2.75, 3.05) is 0 Å². The van der Waals surface area contributed by atoms with Crippen LogP contribution in [0.25, 0.3) is 10.1 Å². The Kier molecular flexibility index (Phi) is 7.24. The largest absolute Gasteiger partial charge is 2.00 e. The molecule has 0 bridgehead atoms. The smallest absolute Gasteiger partial charge is 1.00 e. The standard InChI is InChI=1S/C7H4ClNS.CH2N2.Ca.2H/c8-6-3-1-2-5-4-9-10-7(5)6;2-1-3;;;/h1-4H;2H2;;;/q;;+2;2*-1. The summed E-state index contributed by atoms with van der Waals surface area (Å²) < 4.78 is 5.09. The first kappa shape index (κ1) is 13.9. The van der Waals surface area contributed by atoms with Crippen LogP contribution in [0.2, 0.25) is 5.02 Å². The fraction of sp³-hybridized carbons (Fsp3) is 0. The molecule has 14 heavy (non-hydrogen) atoms. The molecule has 70 valence electrons. The second-order valence-electron chi connectivity index (χ2n) is 2.11. The van der Waals surface area contributed by atoms with Gasteiger partial charge < -0.3 is 8.59 Å². The van der Waals surface area contributed by atoms with Crippen LogP contribution in [0.5, 0.6) is 0 Å². The van der Waals surface area contributed by atoms with Gasteiger partial charge in [-0.05, 0) is 17.6 Å². The molecule has 0 spiro atoms. The van der Waals surface area contributed by atoms with E-state index in [1.807, 2.05) is 24.4 Å². The van der Waals surface area contributed by atoms with E-state index in [9.17, 15) is 0 Å². The first-order valence-electron chi connectivity index (χ1n) is 3.38. The summed E-state index contributed by atoms with van der Waals surface area (Å²) in [5.41, 5.74) is 4.15. The molecule has 0 atom stereocenters. The Balaban J connectivity index is -0.000000258. The molecule has 3 nitrogen and oxygen atoms in total. The zero-order valence-electron chi connectivity index (χ0n) is 9.27. The van der Waals surface area contributed by atoms with Crippen molar-refractivity contribution in [3.63, 3.8) is 0 Å². The van der Waals surface area contributed by atoms with Crippen LogP contribution in [0, 0.1) is 11.5 Å². The number of benzene rings is 1. The van der Waals surface area contributed by atoms with Gasteiger partial charge in [-0.15, -0.1) is 0 Å². The third kappa shape index (κ3) is 3.60. The molecule has 0 unspecified atom stereocenters. The summed E-state index contributed by atoms with van der Waals surface area (Å²) in [6, 6.07) is 5.81. The van der Waals surface area contributed by atoms with Gasteiger partial charge in [0, 0.05) is 11.6 Å². The molecule has 0 saturated heterocycles. The normalized spacial score (nSPS) is 8.00. The van der Waals surface area contributed by atoms with Gasteiger partial charge in [-0.25, -0.2) is 0 Å². The molecule has 0 amide bonds. The number of hydrogen-bond donors (Lipinski definition) is 1. The monoisotopic (exact) mass is 253 g/mol. The summed E-state index contributed by atoms with van der Waals surface area (Å²) in [7, 11) is 0. The van der Waals surface area contributed by atoms with Crippen LogP contribution in [0.1, 0.15) is 2.85 Å². The molecule has 0 aliphatic rings. The van der Waals surface area contributed by atoms with E-state index >= 15 is 0 Å². The summed E-state index contributed by atoms with van der Waals surface area (Å²) in [6.45, 7) is 0. The van der Waals surface area contributed by atoms with Gasteiger partial charge in [0.15, 0.2) is 6.19 Å². The average molecular weight is 254 g/mol. The molecule has 2 N–H and O–H groups in total. The molecule has 0 saturated carbocycles. The van der Waals surface area contributed by atoms with Crippen LogP contribution in [0.4, 0.5) is 0 Å². The van der Waals surface area contributed by atoms with Crippen LogP contribution in [-0.2, 0) is 0 Å². The molecule has 6 heteroatoms. The third-order valence-electron chi connectivity index (χ3n) is 1.33. The molecular formula is C8H8CaClN3S. The topological polar surface area (TPSA) is 62.7 Å². The van der Waals surface area contributed by atoms with Gasteiger partial charge in [-0.1, -0.05) is 23.7 Å². The number of fused-ring (bicyclic) bond motifs is 1. The summed E-state index contributed by atoms with van der Waals surface area (Å²) in [5.74, 6) is 0. The SMILES string of the molecule is Clc1cccc2cnsc12.N#CN.[Ca+2].[H-].[H-]. The molecule has 0 radical (unpaired) electrons. The maximum Gasteiger partial charge on any atom is 2.00 e. The van der Waals surface area contributed by atoms with Crippen LogP contribution >= 0.6 is 23.1 Å². The van der Waals surface area contributed by atoms with Crippen LogP contribution in [-0.4, -0.2) is 42.1 Å². The minimum atomic E-state index is 0. The first-order chi connectivity index (χ1) is 6.29. The van der Waals surface area contributed by atoms with E-state index in [-0.39, 0.29) is 40.6 Å². The molecular weight excluding hydrogens is 246 g/mol. The zero-order valence-corrected chi connectivity index (χ0v) is 11.1. The Labute approximate surface area is 124 Å². The molecule has 1 aromatic heterocycles. The third-order valence-corrected chi connectivity index (χ3v) is 2.61. The second kappa shape index (κ2) is 7.27. The van der Waals surface area contributed by atoms with Crippen molar-refractivity contribution < 1.29 is 2.85 Å². The summed E-state index contributed by atoms with van der Waals surface area (Å²) >= 11 is 7.30. The quantitative estimate of drug-likeness (QED) is 0.445. The number of nitriles is 1. The van der Waals surface area contributed by atoms with Crippen molar-refractivity contribution in [3.8, 4) is 6.19 Å². The van der Waals surface area contributed by atoms with Gasteiger partial charge in [-0.3, -0.25) is 0 Å². The van der Waals surface area contributed by atoms with Crippen LogP contribution in [0.3, 0.4) is 0 Å². The minimum absolute atomic E-state index is 0. The molecule has 0 aliphatic carbocycles. The van der Waals surface area contributed by atoms with Gasteiger partial charge in [0.2, 0.25) is 0 Å². The number of aromatic nitrogens is 1. The van der Waals surface area contributed by atoms with E-state index in [2.05, 4.69) is 10.1 Å². The first-order valence-corrected chi connectivity index (χ1v) is 4.53. The average Bonchev–Trinajstić information content (AvgIpc) is 2.54. The maximum atomic E-state index is 7.10. The van der Waals surface area contributed by atoms with Crippen molar-refractivity contribution >= 4 is 71.0 Å². The second-order valence-corrected chi connectivity index (χ2v) is 3.32. The van der Waals surface area contributed by atoms with Crippen LogP contribution in [0.15, 0.2) is 24.4 Å². The van der Waals surface area contributed by atoms with Gasteiger partial charge in [0.1, 0.15) is 0 Å². The van der Waals surface area contributed by atoms with Crippen molar-refractivity contribution in [2.24, 2.45) is 5.73 Å². The Morgan fingerprint density at radius 1 is 1.57 bits per heavy atom. The minimum Gasteiger partial charge on any atom is -1.00 e.